The quantitative estimate of drug-likeness (QED) is 0.829. The fraction of sp³-hybridized carbons (Fsp3) is 0.0714. The summed E-state index contributed by atoms with van der Waals surface area (Å²) in [6.45, 7) is 0. The van der Waals surface area contributed by atoms with Gasteiger partial charge in [0.1, 0.15) is 0 Å². The molecule has 0 unspecified atom stereocenters. The Bertz CT molecular complexity index is 758. The van der Waals surface area contributed by atoms with Crippen LogP contribution in [0, 0.1) is 0 Å². The van der Waals surface area contributed by atoms with E-state index in [2.05, 4.69) is 9.44 Å². The van der Waals surface area contributed by atoms with E-state index in [-0.39, 0.29) is 5.78 Å². The second-order valence-corrected chi connectivity index (χ2v) is 6.28. The molecule has 0 saturated heterocycles. The zero-order valence-electron chi connectivity index (χ0n) is 11.1. The van der Waals surface area contributed by atoms with Crippen molar-refractivity contribution in [1.82, 2.24) is 4.72 Å². The highest BCUT2D eigenvalue weighted by atomic mass is 35.5. The summed E-state index contributed by atoms with van der Waals surface area (Å²) in [5.74, 6) is -0.211. The van der Waals surface area contributed by atoms with Gasteiger partial charge >= 0.3 is 0 Å². The molecule has 0 aliphatic rings. The molecule has 0 atom stereocenters. The van der Waals surface area contributed by atoms with Gasteiger partial charge in [0.25, 0.3) is 10.2 Å². The number of nitrogens with one attached hydrogen (secondary N) is 2. The Kier molecular flexibility index (Phi) is 4.62. The predicted octanol–water partition coefficient (Wildman–Crippen LogP) is 2.45. The summed E-state index contributed by atoms with van der Waals surface area (Å²) < 4.78 is 27.3. The van der Waals surface area contributed by atoms with Crippen molar-refractivity contribution in [2.75, 3.05) is 11.8 Å². The predicted molar refractivity (Wildman–Crippen MR) is 82.9 cm³/mol. The Morgan fingerprint density at radius 3 is 2.33 bits per heavy atom. The SMILES string of the molecule is CNS(=O)(=O)Nc1cccc(C(=O)c2ccc(Cl)cc2)c1. The molecular formula is C14H13ClN2O3S. The van der Waals surface area contributed by atoms with E-state index in [0.717, 1.165) is 0 Å². The van der Waals surface area contributed by atoms with Gasteiger partial charge in [-0.1, -0.05) is 23.7 Å². The number of hydrogen-bond donors (Lipinski definition) is 2. The molecule has 2 aromatic rings. The fourth-order valence-corrected chi connectivity index (χ4v) is 2.36. The second-order valence-electron chi connectivity index (χ2n) is 4.23. The Labute approximate surface area is 128 Å². The lowest BCUT2D eigenvalue weighted by Crippen LogP contribution is -2.26. The van der Waals surface area contributed by atoms with Gasteiger partial charge in [0, 0.05) is 23.2 Å². The number of halogens is 1. The molecule has 5 nitrogen and oxygen atoms in total. The number of hydrogen-bond acceptors (Lipinski definition) is 3. The van der Waals surface area contributed by atoms with Gasteiger partial charge in [-0.15, -0.1) is 0 Å². The van der Waals surface area contributed by atoms with Crippen LogP contribution in [0.15, 0.2) is 48.5 Å². The lowest BCUT2D eigenvalue weighted by molar-refractivity contribution is 0.103. The molecule has 2 rings (SSSR count). The molecule has 0 saturated carbocycles. The van der Waals surface area contributed by atoms with Gasteiger partial charge in [-0.25, -0.2) is 4.72 Å². The van der Waals surface area contributed by atoms with Crippen molar-refractivity contribution in [3.8, 4) is 0 Å². The first-order valence-corrected chi connectivity index (χ1v) is 7.89. The largest absolute Gasteiger partial charge is 0.298 e. The summed E-state index contributed by atoms with van der Waals surface area (Å²) in [7, 11) is -2.32. The van der Waals surface area contributed by atoms with Crippen molar-refractivity contribution in [3.05, 3.63) is 64.7 Å². The zero-order valence-corrected chi connectivity index (χ0v) is 12.7. The molecule has 0 aromatic heterocycles. The molecule has 2 aromatic carbocycles. The molecular weight excluding hydrogens is 312 g/mol. The zero-order chi connectivity index (χ0) is 15.5. The average Bonchev–Trinajstić information content (AvgIpc) is 2.47. The van der Waals surface area contributed by atoms with Crippen LogP contribution in [0.2, 0.25) is 5.02 Å². The summed E-state index contributed by atoms with van der Waals surface area (Å²) >= 11 is 5.78. The minimum Gasteiger partial charge on any atom is -0.289 e. The third-order valence-corrected chi connectivity index (χ3v) is 4.05. The lowest BCUT2D eigenvalue weighted by Gasteiger charge is -2.08. The second kappa shape index (κ2) is 6.26. The Morgan fingerprint density at radius 1 is 1.05 bits per heavy atom. The fourth-order valence-electron chi connectivity index (χ4n) is 1.70. The van der Waals surface area contributed by atoms with E-state index in [1.807, 2.05) is 0 Å². The molecule has 0 heterocycles. The molecule has 0 aliphatic carbocycles. The van der Waals surface area contributed by atoms with Crippen LogP contribution in [0.4, 0.5) is 5.69 Å². The van der Waals surface area contributed by atoms with E-state index in [4.69, 9.17) is 11.6 Å². The highest BCUT2D eigenvalue weighted by Gasteiger charge is 2.11. The third kappa shape index (κ3) is 4.04. The average molecular weight is 325 g/mol. The number of carbonyl (C=O) groups is 1. The maximum atomic E-state index is 12.3. The molecule has 2 N–H and O–H groups in total. The van der Waals surface area contributed by atoms with Crippen molar-refractivity contribution in [1.29, 1.82) is 0 Å². The molecule has 7 heteroatoms. The van der Waals surface area contributed by atoms with E-state index in [1.165, 1.54) is 13.1 Å². The normalized spacial score (nSPS) is 11.1. The summed E-state index contributed by atoms with van der Waals surface area (Å²) in [6.07, 6.45) is 0. The first-order chi connectivity index (χ1) is 9.91. The molecule has 110 valence electrons. The number of carbonyl (C=O) groups excluding carboxylic acids is 1. The van der Waals surface area contributed by atoms with Crippen molar-refractivity contribution < 1.29 is 13.2 Å². The van der Waals surface area contributed by atoms with Crippen LogP contribution >= 0.6 is 11.6 Å². The van der Waals surface area contributed by atoms with E-state index < -0.39 is 10.2 Å². The van der Waals surface area contributed by atoms with Crippen molar-refractivity contribution in [3.63, 3.8) is 0 Å². The van der Waals surface area contributed by atoms with E-state index in [1.54, 1.807) is 42.5 Å². The van der Waals surface area contributed by atoms with Gasteiger partial charge in [-0.05, 0) is 36.4 Å². The smallest absolute Gasteiger partial charge is 0.289 e. The number of anilines is 1. The number of rotatable bonds is 5. The number of benzene rings is 2. The standard InChI is InChI=1S/C14H13ClN2O3S/c1-16-21(19,20)17-13-4-2-3-11(9-13)14(18)10-5-7-12(15)8-6-10/h2-9,16-17H,1H3. The topological polar surface area (TPSA) is 75.3 Å². The van der Waals surface area contributed by atoms with Crippen molar-refractivity contribution in [2.24, 2.45) is 0 Å². The van der Waals surface area contributed by atoms with Crippen LogP contribution in [-0.2, 0) is 10.2 Å². The molecule has 0 spiro atoms. The molecule has 21 heavy (non-hydrogen) atoms. The lowest BCUT2D eigenvalue weighted by atomic mass is 10.0. The van der Waals surface area contributed by atoms with Crippen LogP contribution in [0.5, 0.6) is 0 Å². The van der Waals surface area contributed by atoms with Gasteiger partial charge in [0.2, 0.25) is 0 Å². The van der Waals surface area contributed by atoms with Crippen molar-refractivity contribution >= 4 is 33.3 Å². The maximum Gasteiger partial charge on any atom is 0.298 e. The van der Waals surface area contributed by atoms with Gasteiger partial charge in [-0.3, -0.25) is 9.52 Å². The molecule has 0 aliphatic heterocycles. The van der Waals surface area contributed by atoms with Crippen LogP contribution in [-0.4, -0.2) is 21.2 Å². The van der Waals surface area contributed by atoms with Crippen LogP contribution < -0.4 is 9.44 Å². The monoisotopic (exact) mass is 324 g/mol. The molecule has 0 bridgehead atoms. The number of ketones is 1. The summed E-state index contributed by atoms with van der Waals surface area (Å²) in [5, 5.41) is 0.544. The summed E-state index contributed by atoms with van der Waals surface area (Å²) in [4.78, 5) is 12.3. The minimum absolute atomic E-state index is 0.211. The van der Waals surface area contributed by atoms with E-state index >= 15 is 0 Å². The molecule has 0 amide bonds. The van der Waals surface area contributed by atoms with Crippen LogP contribution in [0.3, 0.4) is 0 Å². The Hall–Kier alpha value is -1.89. The third-order valence-electron chi connectivity index (χ3n) is 2.75. The van der Waals surface area contributed by atoms with E-state index in [9.17, 15) is 13.2 Å². The van der Waals surface area contributed by atoms with Crippen LogP contribution in [0.1, 0.15) is 15.9 Å². The van der Waals surface area contributed by atoms with Crippen molar-refractivity contribution in [2.45, 2.75) is 0 Å². The maximum absolute atomic E-state index is 12.3. The Morgan fingerprint density at radius 2 is 1.71 bits per heavy atom. The minimum atomic E-state index is -3.61. The van der Waals surface area contributed by atoms with Crippen LogP contribution in [0.25, 0.3) is 0 Å². The van der Waals surface area contributed by atoms with Gasteiger partial charge in [-0.2, -0.15) is 8.42 Å². The first-order valence-electron chi connectivity index (χ1n) is 6.03. The van der Waals surface area contributed by atoms with E-state index in [0.29, 0.717) is 21.8 Å². The van der Waals surface area contributed by atoms with Gasteiger partial charge in [0.05, 0.1) is 5.69 Å². The highest BCUT2D eigenvalue weighted by molar-refractivity contribution is 7.90. The molecule has 0 fully saturated rings. The first kappa shape index (κ1) is 15.5. The Balaban J connectivity index is 2.29. The summed E-state index contributed by atoms with van der Waals surface area (Å²) in [5.41, 5.74) is 1.17. The highest BCUT2D eigenvalue weighted by Crippen LogP contribution is 2.17. The van der Waals surface area contributed by atoms with Gasteiger partial charge < -0.3 is 0 Å². The summed E-state index contributed by atoms with van der Waals surface area (Å²) in [6, 6.07) is 12.8. The van der Waals surface area contributed by atoms with Gasteiger partial charge in [0.15, 0.2) is 5.78 Å². The molecule has 0 radical (unpaired) electrons.